The Morgan fingerprint density at radius 3 is 2.38 bits per heavy atom. The first-order valence-corrected chi connectivity index (χ1v) is 9.63. The third-order valence-corrected chi connectivity index (χ3v) is 4.48. The van der Waals surface area contributed by atoms with Crippen molar-refractivity contribution in [1.82, 2.24) is 10.6 Å². The molecule has 3 aromatic carbocycles. The molecule has 0 aliphatic carbocycles. The minimum Gasteiger partial charge on any atom is -0.497 e. The monoisotopic (exact) mass is 435 g/mol. The van der Waals surface area contributed by atoms with Gasteiger partial charge in [-0.3, -0.25) is 20.2 Å². The Morgan fingerprint density at radius 2 is 1.72 bits per heavy atom. The van der Waals surface area contributed by atoms with Crippen molar-refractivity contribution in [2.24, 2.45) is 0 Å². The number of benzene rings is 3. The molecule has 0 heterocycles. The van der Waals surface area contributed by atoms with Crippen LogP contribution >= 0.6 is 0 Å². The van der Waals surface area contributed by atoms with Crippen molar-refractivity contribution < 1.29 is 24.0 Å². The number of nitrogens with zero attached hydrogens (tertiary/aromatic N) is 1. The number of nitrogens with one attached hydrogen (secondary N) is 2. The molecule has 9 nitrogen and oxygen atoms in total. The third kappa shape index (κ3) is 6.05. The quantitative estimate of drug-likeness (QED) is 0.411. The van der Waals surface area contributed by atoms with E-state index in [-0.39, 0.29) is 18.0 Å². The molecule has 0 aromatic heterocycles. The topological polar surface area (TPSA) is 120 Å². The maximum atomic E-state index is 12.1. The van der Waals surface area contributed by atoms with Crippen LogP contribution in [0.1, 0.15) is 5.56 Å². The second-order valence-corrected chi connectivity index (χ2v) is 6.67. The molecule has 0 aliphatic rings. The number of hydrogen-bond donors (Lipinski definition) is 2. The number of methoxy groups -OCH3 is 1. The van der Waals surface area contributed by atoms with Crippen LogP contribution in [0, 0.1) is 10.1 Å². The van der Waals surface area contributed by atoms with Crippen LogP contribution in [0.25, 0.3) is 11.1 Å². The lowest BCUT2D eigenvalue weighted by Gasteiger charge is -2.12. The standard InChI is InChI=1S/C23H21N3O6/c1-31-19-10-7-17(8-11-19)20-13-18(26(29)30)9-12-21(20)32-15-22(27)25-23(28)24-14-16-5-3-2-4-6-16/h2-13H,14-15H2,1H3,(H2,24,25,27,28). The highest BCUT2D eigenvalue weighted by Crippen LogP contribution is 2.34. The maximum Gasteiger partial charge on any atom is 0.321 e. The molecule has 0 fully saturated rings. The highest BCUT2D eigenvalue weighted by Gasteiger charge is 2.15. The van der Waals surface area contributed by atoms with Crippen LogP contribution in [0.4, 0.5) is 10.5 Å². The summed E-state index contributed by atoms with van der Waals surface area (Å²) in [7, 11) is 1.53. The van der Waals surface area contributed by atoms with Crippen molar-refractivity contribution in [3.63, 3.8) is 0 Å². The van der Waals surface area contributed by atoms with Crippen LogP contribution < -0.4 is 20.1 Å². The first-order chi connectivity index (χ1) is 15.5. The number of rotatable bonds is 8. The molecular formula is C23H21N3O6. The van der Waals surface area contributed by atoms with Crippen LogP contribution in [-0.2, 0) is 11.3 Å². The smallest absolute Gasteiger partial charge is 0.321 e. The number of amides is 3. The lowest BCUT2D eigenvalue weighted by molar-refractivity contribution is -0.384. The van der Waals surface area contributed by atoms with E-state index < -0.39 is 23.5 Å². The van der Waals surface area contributed by atoms with E-state index >= 15 is 0 Å². The fraction of sp³-hybridized carbons (Fsp3) is 0.130. The third-order valence-electron chi connectivity index (χ3n) is 4.48. The Kier molecular flexibility index (Phi) is 7.37. The first-order valence-electron chi connectivity index (χ1n) is 9.63. The lowest BCUT2D eigenvalue weighted by atomic mass is 10.0. The fourth-order valence-corrected chi connectivity index (χ4v) is 2.88. The molecule has 9 heteroatoms. The molecular weight excluding hydrogens is 414 g/mol. The van der Waals surface area contributed by atoms with Crippen molar-refractivity contribution >= 4 is 17.6 Å². The van der Waals surface area contributed by atoms with Crippen LogP contribution in [-0.4, -0.2) is 30.6 Å². The zero-order valence-electron chi connectivity index (χ0n) is 17.2. The zero-order chi connectivity index (χ0) is 22.9. The second kappa shape index (κ2) is 10.6. The molecule has 164 valence electrons. The summed E-state index contributed by atoms with van der Waals surface area (Å²) in [4.78, 5) is 34.7. The van der Waals surface area contributed by atoms with Crippen molar-refractivity contribution in [2.45, 2.75) is 6.54 Å². The highest BCUT2D eigenvalue weighted by molar-refractivity contribution is 5.95. The number of non-ortho nitro benzene ring substituents is 1. The van der Waals surface area contributed by atoms with Gasteiger partial charge in [0.2, 0.25) is 0 Å². The van der Waals surface area contributed by atoms with Gasteiger partial charge in [0, 0.05) is 24.2 Å². The van der Waals surface area contributed by atoms with Crippen molar-refractivity contribution in [3.05, 3.63) is 88.5 Å². The van der Waals surface area contributed by atoms with Crippen LogP contribution in [0.5, 0.6) is 11.5 Å². The summed E-state index contributed by atoms with van der Waals surface area (Å²) < 4.78 is 10.7. The van der Waals surface area contributed by atoms with Gasteiger partial charge in [-0.1, -0.05) is 42.5 Å². The van der Waals surface area contributed by atoms with E-state index in [1.807, 2.05) is 30.3 Å². The van der Waals surface area contributed by atoms with Gasteiger partial charge in [-0.05, 0) is 29.3 Å². The van der Waals surface area contributed by atoms with Gasteiger partial charge in [0.1, 0.15) is 11.5 Å². The number of carbonyl (C=O) groups excluding carboxylic acids is 2. The predicted molar refractivity (Wildman–Crippen MR) is 117 cm³/mol. The molecule has 3 amide bonds. The van der Waals surface area contributed by atoms with E-state index in [1.54, 1.807) is 24.3 Å². The Bertz CT molecular complexity index is 1100. The molecule has 0 saturated heterocycles. The minimum absolute atomic E-state index is 0.118. The van der Waals surface area contributed by atoms with Crippen molar-refractivity contribution in [2.75, 3.05) is 13.7 Å². The van der Waals surface area contributed by atoms with Gasteiger partial charge in [0.05, 0.1) is 12.0 Å². The van der Waals surface area contributed by atoms with E-state index in [9.17, 15) is 19.7 Å². The van der Waals surface area contributed by atoms with E-state index in [0.717, 1.165) is 5.56 Å². The van der Waals surface area contributed by atoms with E-state index in [0.29, 0.717) is 16.9 Å². The Labute approximate surface area is 184 Å². The second-order valence-electron chi connectivity index (χ2n) is 6.67. The molecule has 0 spiro atoms. The summed E-state index contributed by atoms with van der Waals surface area (Å²) in [5.41, 5.74) is 1.85. The average molecular weight is 435 g/mol. The molecule has 0 unspecified atom stereocenters. The number of hydrogen-bond acceptors (Lipinski definition) is 6. The summed E-state index contributed by atoms with van der Waals surface area (Å²) >= 11 is 0. The number of nitro groups is 1. The summed E-state index contributed by atoms with van der Waals surface area (Å²) in [5.74, 6) is 0.234. The summed E-state index contributed by atoms with van der Waals surface area (Å²) in [6, 6.07) is 19.5. The van der Waals surface area contributed by atoms with Gasteiger partial charge in [0.25, 0.3) is 11.6 Å². The van der Waals surface area contributed by atoms with Crippen molar-refractivity contribution in [1.29, 1.82) is 0 Å². The van der Waals surface area contributed by atoms with Crippen LogP contribution in [0.3, 0.4) is 0 Å². The number of nitro benzene ring substituents is 1. The number of carbonyl (C=O) groups is 2. The molecule has 0 atom stereocenters. The molecule has 0 saturated carbocycles. The molecule has 0 aliphatic heterocycles. The summed E-state index contributed by atoms with van der Waals surface area (Å²) in [6.07, 6.45) is 0. The Balaban J connectivity index is 1.64. The highest BCUT2D eigenvalue weighted by atomic mass is 16.6. The summed E-state index contributed by atoms with van der Waals surface area (Å²) in [6.45, 7) is -0.176. The average Bonchev–Trinajstić information content (AvgIpc) is 2.82. The van der Waals surface area contributed by atoms with Crippen LogP contribution in [0.2, 0.25) is 0 Å². The zero-order valence-corrected chi connectivity index (χ0v) is 17.2. The Hall–Kier alpha value is -4.40. The minimum atomic E-state index is -0.658. The van der Waals surface area contributed by atoms with E-state index in [4.69, 9.17) is 9.47 Å². The molecule has 2 N–H and O–H groups in total. The van der Waals surface area contributed by atoms with E-state index in [1.165, 1.54) is 25.3 Å². The lowest BCUT2D eigenvalue weighted by Crippen LogP contribution is -2.41. The van der Waals surface area contributed by atoms with Crippen LogP contribution in [0.15, 0.2) is 72.8 Å². The molecule has 32 heavy (non-hydrogen) atoms. The number of ether oxygens (including phenoxy) is 2. The fourth-order valence-electron chi connectivity index (χ4n) is 2.88. The number of urea groups is 1. The van der Waals surface area contributed by atoms with Gasteiger partial charge >= 0.3 is 6.03 Å². The van der Waals surface area contributed by atoms with Gasteiger partial charge in [-0.25, -0.2) is 4.79 Å². The Morgan fingerprint density at radius 1 is 1.00 bits per heavy atom. The number of imide groups is 1. The van der Waals surface area contributed by atoms with E-state index in [2.05, 4.69) is 10.6 Å². The van der Waals surface area contributed by atoms with Gasteiger partial charge in [-0.2, -0.15) is 0 Å². The van der Waals surface area contributed by atoms with Gasteiger partial charge < -0.3 is 14.8 Å². The molecule has 3 rings (SSSR count). The first kappa shape index (κ1) is 22.3. The molecule has 0 bridgehead atoms. The van der Waals surface area contributed by atoms with Gasteiger partial charge in [0.15, 0.2) is 6.61 Å². The SMILES string of the molecule is COc1ccc(-c2cc([N+](=O)[O-])ccc2OCC(=O)NC(=O)NCc2ccccc2)cc1. The van der Waals surface area contributed by atoms with Crippen molar-refractivity contribution in [3.8, 4) is 22.6 Å². The summed E-state index contributed by atoms with van der Waals surface area (Å²) in [5, 5.41) is 16.0. The largest absolute Gasteiger partial charge is 0.497 e. The normalized spacial score (nSPS) is 10.2. The molecule has 3 aromatic rings. The van der Waals surface area contributed by atoms with Gasteiger partial charge in [-0.15, -0.1) is 0 Å². The maximum absolute atomic E-state index is 12.1. The molecule has 0 radical (unpaired) electrons. The predicted octanol–water partition coefficient (Wildman–Crippen LogP) is 3.68.